The number of carbonyl (C=O) groups excluding carboxylic acids is 2. The molecule has 16 heavy (non-hydrogen) atoms. The zero-order valence-corrected chi connectivity index (χ0v) is 10.9. The van der Waals surface area contributed by atoms with Crippen LogP contribution in [-0.4, -0.2) is 26.2 Å². The van der Waals surface area contributed by atoms with Crippen molar-refractivity contribution < 1.29 is 19.1 Å². The molecule has 0 amide bonds. The zero-order chi connectivity index (χ0) is 12.9. The second kappa shape index (κ2) is 6.51. The lowest BCUT2D eigenvalue weighted by Crippen LogP contribution is -2.38. The minimum Gasteiger partial charge on any atom is -0.469 e. The molecule has 0 spiro atoms. The highest BCUT2D eigenvalue weighted by molar-refractivity contribution is 5.82. The molecular weight excluding hydrogens is 208 g/mol. The first-order valence-electron chi connectivity index (χ1n) is 5.52. The number of rotatable bonds is 5. The van der Waals surface area contributed by atoms with Gasteiger partial charge in [-0.3, -0.25) is 9.59 Å². The molecule has 0 aromatic heterocycles. The minimum atomic E-state index is -0.447. The second-order valence-electron chi connectivity index (χ2n) is 4.59. The maximum atomic E-state index is 11.7. The van der Waals surface area contributed by atoms with Crippen LogP contribution in [-0.2, 0) is 19.1 Å². The quantitative estimate of drug-likeness (QED) is 0.677. The number of hydrogen-bond donors (Lipinski definition) is 0. The van der Waals surface area contributed by atoms with Crippen molar-refractivity contribution in [3.63, 3.8) is 0 Å². The van der Waals surface area contributed by atoms with Crippen molar-refractivity contribution >= 4 is 11.9 Å². The summed E-state index contributed by atoms with van der Waals surface area (Å²) in [6.07, 6.45) is 0. The monoisotopic (exact) mass is 230 g/mol. The summed E-state index contributed by atoms with van der Waals surface area (Å²) in [5, 5.41) is 0. The van der Waals surface area contributed by atoms with Crippen molar-refractivity contribution in [1.29, 1.82) is 0 Å². The molecule has 94 valence electrons. The summed E-state index contributed by atoms with van der Waals surface area (Å²) in [5.74, 6) is -1.51. The van der Waals surface area contributed by atoms with Crippen LogP contribution >= 0.6 is 0 Å². The van der Waals surface area contributed by atoms with Crippen LogP contribution in [0.1, 0.15) is 27.7 Å². The fraction of sp³-hybridized carbons (Fsp3) is 0.833. The van der Waals surface area contributed by atoms with Crippen LogP contribution in [0.25, 0.3) is 0 Å². The van der Waals surface area contributed by atoms with E-state index < -0.39 is 11.8 Å². The van der Waals surface area contributed by atoms with Gasteiger partial charge in [0.2, 0.25) is 0 Å². The van der Waals surface area contributed by atoms with E-state index in [0.717, 1.165) is 0 Å². The van der Waals surface area contributed by atoms with E-state index in [0.29, 0.717) is 0 Å². The number of ether oxygens (including phenoxy) is 2. The average Bonchev–Trinajstić information content (AvgIpc) is 2.22. The van der Waals surface area contributed by atoms with Gasteiger partial charge in [0.25, 0.3) is 0 Å². The third-order valence-corrected chi connectivity index (χ3v) is 2.77. The molecule has 0 aromatic carbocycles. The summed E-state index contributed by atoms with van der Waals surface area (Å²) in [4.78, 5) is 23.4. The fourth-order valence-corrected chi connectivity index (χ4v) is 1.94. The van der Waals surface area contributed by atoms with Crippen molar-refractivity contribution in [2.75, 3.05) is 14.2 Å². The predicted molar refractivity (Wildman–Crippen MR) is 60.7 cm³/mol. The number of hydrogen-bond acceptors (Lipinski definition) is 4. The molecule has 0 bridgehead atoms. The zero-order valence-electron chi connectivity index (χ0n) is 10.9. The van der Waals surface area contributed by atoms with Gasteiger partial charge in [-0.05, 0) is 11.8 Å². The molecule has 2 atom stereocenters. The molecule has 4 heteroatoms. The Bertz CT molecular complexity index is 219. The van der Waals surface area contributed by atoms with E-state index in [1.165, 1.54) is 14.2 Å². The molecule has 0 heterocycles. The van der Waals surface area contributed by atoms with Crippen molar-refractivity contribution in [1.82, 2.24) is 0 Å². The van der Waals surface area contributed by atoms with E-state index in [1.807, 2.05) is 27.7 Å². The Kier molecular flexibility index (Phi) is 6.08. The maximum Gasteiger partial charge on any atom is 0.309 e. The number of carbonyl (C=O) groups is 2. The standard InChI is InChI=1S/C12H22O4/c1-7(2)9(11(13)15-5)10(8(3)4)12(14)16-6/h7-10H,1-6H3. The Balaban J connectivity index is 5.10. The van der Waals surface area contributed by atoms with Crippen molar-refractivity contribution in [3.05, 3.63) is 0 Å². The summed E-state index contributed by atoms with van der Waals surface area (Å²) in [7, 11) is 2.68. The Morgan fingerprint density at radius 1 is 0.750 bits per heavy atom. The molecule has 2 unspecified atom stereocenters. The number of esters is 2. The third kappa shape index (κ3) is 3.51. The van der Waals surface area contributed by atoms with E-state index in [2.05, 4.69) is 0 Å². The van der Waals surface area contributed by atoms with Crippen LogP contribution < -0.4 is 0 Å². The van der Waals surface area contributed by atoms with Crippen LogP contribution in [0.3, 0.4) is 0 Å². The average molecular weight is 230 g/mol. The molecule has 0 aromatic rings. The largest absolute Gasteiger partial charge is 0.469 e. The first-order chi connectivity index (χ1) is 7.36. The summed E-state index contributed by atoms with van der Waals surface area (Å²) >= 11 is 0. The van der Waals surface area contributed by atoms with Crippen molar-refractivity contribution in [3.8, 4) is 0 Å². The highest BCUT2D eigenvalue weighted by atomic mass is 16.5. The van der Waals surface area contributed by atoms with E-state index in [1.54, 1.807) is 0 Å². The van der Waals surface area contributed by atoms with E-state index in [9.17, 15) is 9.59 Å². The Labute approximate surface area is 97.3 Å². The summed E-state index contributed by atoms with van der Waals surface area (Å²) < 4.78 is 9.51. The lowest BCUT2D eigenvalue weighted by molar-refractivity contribution is -0.161. The first-order valence-corrected chi connectivity index (χ1v) is 5.52. The minimum absolute atomic E-state index is 0.0407. The Morgan fingerprint density at radius 2 is 1.00 bits per heavy atom. The molecule has 0 rings (SSSR count). The fourth-order valence-electron chi connectivity index (χ4n) is 1.94. The van der Waals surface area contributed by atoms with Gasteiger partial charge in [-0.15, -0.1) is 0 Å². The summed E-state index contributed by atoms with van der Waals surface area (Å²) in [6.45, 7) is 7.61. The summed E-state index contributed by atoms with van der Waals surface area (Å²) in [5.41, 5.74) is 0. The lowest BCUT2D eigenvalue weighted by atomic mass is 9.77. The highest BCUT2D eigenvalue weighted by Crippen LogP contribution is 2.29. The van der Waals surface area contributed by atoms with Gasteiger partial charge < -0.3 is 9.47 Å². The molecular formula is C12H22O4. The predicted octanol–water partition coefficient (Wildman–Crippen LogP) is 1.88. The number of methoxy groups -OCH3 is 2. The molecule has 0 aliphatic carbocycles. The Morgan fingerprint density at radius 3 is 1.12 bits per heavy atom. The van der Waals surface area contributed by atoms with Gasteiger partial charge in [-0.2, -0.15) is 0 Å². The van der Waals surface area contributed by atoms with Gasteiger partial charge >= 0.3 is 11.9 Å². The van der Waals surface area contributed by atoms with Crippen LogP contribution in [0.15, 0.2) is 0 Å². The third-order valence-electron chi connectivity index (χ3n) is 2.77. The molecule has 0 fully saturated rings. The van der Waals surface area contributed by atoms with Crippen LogP contribution in [0.2, 0.25) is 0 Å². The smallest absolute Gasteiger partial charge is 0.309 e. The van der Waals surface area contributed by atoms with Gasteiger partial charge in [0.05, 0.1) is 26.1 Å². The van der Waals surface area contributed by atoms with Crippen molar-refractivity contribution in [2.45, 2.75) is 27.7 Å². The second-order valence-corrected chi connectivity index (χ2v) is 4.59. The Hall–Kier alpha value is -1.06. The molecule has 4 nitrogen and oxygen atoms in total. The van der Waals surface area contributed by atoms with Crippen LogP contribution in [0, 0.1) is 23.7 Å². The molecule has 0 saturated heterocycles. The molecule has 0 aliphatic rings. The van der Waals surface area contributed by atoms with E-state index >= 15 is 0 Å². The van der Waals surface area contributed by atoms with Gasteiger partial charge in [0.1, 0.15) is 0 Å². The van der Waals surface area contributed by atoms with E-state index in [-0.39, 0.29) is 23.8 Å². The van der Waals surface area contributed by atoms with Gasteiger partial charge in [-0.1, -0.05) is 27.7 Å². The van der Waals surface area contributed by atoms with Gasteiger partial charge in [0, 0.05) is 0 Å². The molecule has 0 radical (unpaired) electrons. The highest BCUT2D eigenvalue weighted by Gasteiger charge is 2.39. The molecule has 0 saturated carbocycles. The van der Waals surface area contributed by atoms with Crippen LogP contribution in [0.4, 0.5) is 0 Å². The van der Waals surface area contributed by atoms with Gasteiger partial charge in [0.15, 0.2) is 0 Å². The molecule has 0 N–H and O–H groups in total. The van der Waals surface area contributed by atoms with E-state index in [4.69, 9.17) is 9.47 Å². The first kappa shape index (κ1) is 14.9. The topological polar surface area (TPSA) is 52.6 Å². The SMILES string of the molecule is COC(=O)C(C(C)C)C(C(=O)OC)C(C)C. The van der Waals surface area contributed by atoms with Crippen molar-refractivity contribution in [2.24, 2.45) is 23.7 Å². The van der Waals surface area contributed by atoms with Crippen LogP contribution in [0.5, 0.6) is 0 Å². The molecule has 0 aliphatic heterocycles. The lowest BCUT2D eigenvalue weighted by Gasteiger charge is -2.28. The summed E-state index contributed by atoms with van der Waals surface area (Å²) in [6, 6.07) is 0. The normalized spacial score (nSPS) is 14.8. The van der Waals surface area contributed by atoms with Gasteiger partial charge in [-0.25, -0.2) is 0 Å². The maximum absolute atomic E-state index is 11.7.